The number of carbonyl (C=O) groups excluding carboxylic acids is 2. The molecule has 2 heterocycles. The summed E-state index contributed by atoms with van der Waals surface area (Å²) < 4.78 is 37.9. The largest absolute Gasteiger partial charge is 0.416 e. The predicted octanol–water partition coefficient (Wildman–Crippen LogP) is 3.07. The topological polar surface area (TPSA) is 43.9 Å². The van der Waals surface area contributed by atoms with E-state index in [9.17, 15) is 22.8 Å². The number of halogens is 3. The van der Waals surface area contributed by atoms with E-state index in [0.717, 1.165) is 18.7 Å². The van der Waals surface area contributed by atoms with E-state index in [4.69, 9.17) is 0 Å². The summed E-state index contributed by atoms with van der Waals surface area (Å²) in [5, 5.41) is 0. The van der Waals surface area contributed by atoms with Gasteiger partial charge in [0.25, 0.3) is 5.91 Å². The van der Waals surface area contributed by atoms with Gasteiger partial charge in [-0.2, -0.15) is 13.2 Å². The highest BCUT2D eigenvalue weighted by molar-refractivity contribution is 5.94. The van der Waals surface area contributed by atoms with Crippen molar-refractivity contribution in [3.8, 4) is 0 Å². The number of hydrogen-bond acceptors (Lipinski definition) is 2. The molecule has 0 spiro atoms. The molecule has 0 aliphatic carbocycles. The average Bonchev–Trinajstić information content (AvgIpc) is 3.01. The fourth-order valence-electron chi connectivity index (χ4n) is 3.60. The molecule has 142 valence electrons. The number of alkyl halides is 3. The molecule has 0 radical (unpaired) electrons. The van der Waals surface area contributed by atoms with Crippen LogP contribution in [0.5, 0.6) is 0 Å². The molecule has 0 unspecified atom stereocenters. The van der Waals surface area contributed by atoms with Crippen LogP contribution in [0, 0.1) is 0 Å². The molecule has 3 rings (SSSR count). The zero-order valence-corrected chi connectivity index (χ0v) is 14.6. The lowest BCUT2D eigenvalue weighted by atomic mass is 10.0. The lowest BCUT2D eigenvalue weighted by Crippen LogP contribution is -2.48. The highest BCUT2D eigenvalue weighted by Gasteiger charge is 2.35. The quantitative estimate of drug-likeness (QED) is 0.822. The Morgan fingerprint density at radius 2 is 1.69 bits per heavy atom. The van der Waals surface area contributed by atoms with E-state index in [1.807, 2.05) is 11.8 Å². The number of benzene rings is 1. The van der Waals surface area contributed by atoms with Gasteiger partial charge in [0, 0.05) is 44.3 Å². The fraction of sp³-hybridized carbons (Fsp3) is 0.556. The van der Waals surface area contributed by atoms with Crippen LogP contribution in [0.25, 0.3) is 0 Å². The second kappa shape index (κ2) is 7.17. The zero-order valence-electron chi connectivity index (χ0n) is 14.6. The van der Waals surface area contributed by atoms with Crippen LogP contribution in [0.4, 0.5) is 18.0 Å². The van der Waals surface area contributed by atoms with Gasteiger partial charge in [0.05, 0.1) is 5.56 Å². The number of likely N-dealkylation sites (N-methyl/N-ethyl adjacent to an activating group) is 1. The summed E-state index contributed by atoms with van der Waals surface area (Å²) in [6, 6.07) is 4.49. The normalized spacial score (nSPS) is 19.4. The summed E-state index contributed by atoms with van der Waals surface area (Å²) in [5.41, 5.74) is -0.508. The van der Waals surface area contributed by atoms with E-state index in [1.54, 1.807) is 9.80 Å². The summed E-state index contributed by atoms with van der Waals surface area (Å²) in [6.45, 7) is 5.10. The van der Waals surface area contributed by atoms with Gasteiger partial charge in [0.15, 0.2) is 0 Å². The second-order valence-corrected chi connectivity index (χ2v) is 6.65. The van der Waals surface area contributed by atoms with Gasteiger partial charge >= 0.3 is 12.2 Å². The molecule has 2 saturated heterocycles. The van der Waals surface area contributed by atoms with Crippen LogP contribution in [-0.4, -0.2) is 65.4 Å². The van der Waals surface area contributed by atoms with Crippen molar-refractivity contribution in [3.63, 3.8) is 0 Å². The lowest BCUT2D eigenvalue weighted by molar-refractivity contribution is -0.137. The second-order valence-electron chi connectivity index (χ2n) is 6.65. The Labute approximate surface area is 150 Å². The SMILES string of the molecule is CCN1CCN(C2CCN(C(=O)c3ccc(C(F)(F)F)cc3)CC2)C1=O. The zero-order chi connectivity index (χ0) is 18.9. The number of piperidine rings is 1. The van der Waals surface area contributed by atoms with Gasteiger partial charge in [-0.3, -0.25) is 4.79 Å². The molecule has 1 aromatic carbocycles. The van der Waals surface area contributed by atoms with Gasteiger partial charge in [-0.25, -0.2) is 4.79 Å². The van der Waals surface area contributed by atoms with Crippen molar-refractivity contribution in [2.24, 2.45) is 0 Å². The third-order valence-electron chi connectivity index (χ3n) is 5.16. The van der Waals surface area contributed by atoms with Crippen molar-refractivity contribution in [3.05, 3.63) is 35.4 Å². The van der Waals surface area contributed by atoms with E-state index in [-0.39, 0.29) is 23.5 Å². The number of urea groups is 1. The molecule has 0 atom stereocenters. The van der Waals surface area contributed by atoms with Crippen molar-refractivity contribution in [2.45, 2.75) is 32.0 Å². The van der Waals surface area contributed by atoms with Crippen LogP contribution in [0.15, 0.2) is 24.3 Å². The first-order valence-electron chi connectivity index (χ1n) is 8.83. The Balaban J connectivity index is 1.58. The number of likely N-dealkylation sites (tertiary alicyclic amines) is 1. The summed E-state index contributed by atoms with van der Waals surface area (Å²) in [6.07, 6.45) is -3.03. The molecule has 8 heteroatoms. The Bertz CT molecular complexity index is 667. The Hall–Kier alpha value is -2.25. The van der Waals surface area contributed by atoms with Gasteiger partial charge in [-0.15, -0.1) is 0 Å². The van der Waals surface area contributed by atoms with E-state index < -0.39 is 11.7 Å². The molecule has 3 amide bonds. The number of carbonyl (C=O) groups is 2. The average molecular weight is 369 g/mol. The summed E-state index contributed by atoms with van der Waals surface area (Å²) in [5.74, 6) is -0.264. The van der Waals surface area contributed by atoms with Gasteiger partial charge < -0.3 is 14.7 Å². The number of amides is 3. The highest BCUT2D eigenvalue weighted by Crippen LogP contribution is 2.29. The van der Waals surface area contributed by atoms with Crippen LogP contribution < -0.4 is 0 Å². The van der Waals surface area contributed by atoms with Crippen molar-refractivity contribution in [1.82, 2.24) is 14.7 Å². The number of nitrogens with zero attached hydrogens (tertiary/aromatic N) is 3. The van der Waals surface area contributed by atoms with Gasteiger partial charge in [-0.1, -0.05) is 0 Å². The van der Waals surface area contributed by atoms with Gasteiger partial charge in [0.1, 0.15) is 0 Å². The first-order chi connectivity index (χ1) is 12.3. The molecule has 0 bridgehead atoms. The minimum atomic E-state index is -4.41. The van der Waals surface area contributed by atoms with E-state index in [0.29, 0.717) is 39.0 Å². The molecule has 2 aliphatic rings. The van der Waals surface area contributed by atoms with Crippen LogP contribution >= 0.6 is 0 Å². The number of rotatable bonds is 3. The molecule has 26 heavy (non-hydrogen) atoms. The van der Waals surface area contributed by atoms with E-state index in [1.165, 1.54) is 12.1 Å². The molecular formula is C18H22F3N3O2. The number of hydrogen-bond donors (Lipinski definition) is 0. The predicted molar refractivity (Wildman–Crippen MR) is 89.7 cm³/mol. The fourth-order valence-corrected chi connectivity index (χ4v) is 3.60. The molecule has 2 aliphatic heterocycles. The highest BCUT2D eigenvalue weighted by atomic mass is 19.4. The van der Waals surface area contributed by atoms with Crippen LogP contribution in [0.1, 0.15) is 35.7 Å². The van der Waals surface area contributed by atoms with Crippen molar-refractivity contribution < 1.29 is 22.8 Å². The molecular weight excluding hydrogens is 347 g/mol. The first kappa shape index (κ1) is 18.5. The molecule has 0 N–H and O–H groups in total. The van der Waals surface area contributed by atoms with Crippen molar-refractivity contribution in [2.75, 3.05) is 32.7 Å². The van der Waals surface area contributed by atoms with Crippen LogP contribution in [0.3, 0.4) is 0 Å². The third-order valence-corrected chi connectivity index (χ3v) is 5.16. The van der Waals surface area contributed by atoms with E-state index >= 15 is 0 Å². The van der Waals surface area contributed by atoms with Gasteiger partial charge in [0.2, 0.25) is 0 Å². The molecule has 2 fully saturated rings. The van der Waals surface area contributed by atoms with Crippen LogP contribution in [-0.2, 0) is 6.18 Å². The minimum absolute atomic E-state index is 0.0556. The lowest BCUT2D eigenvalue weighted by Gasteiger charge is -2.36. The molecule has 0 saturated carbocycles. The van der Waals surface area contributed by atoms with Crippen molar-refractivity contribution >= 4 is 11.9 Å². The maximum Gasteiger partial charge on any atom is 0.416 e. The maximum atomic E-state index is 12.6. The Kier molecular flexibility index (Phi) is 5.11. The standard InChI is InChI=1S/C18H22F3N3O2/c1-2-22-11-12-24(17(22)26)15-7-9-23(10-8-15)16(25)13-3-5-14(6-4-13)18(19,20)21/h3-6,15H,2,7-12H2,1H3. The molecule has 5 nitrogen and oxygen atoms in total. The Morgan fingerprint density at radius 3 is 2.19 bits per heavy atom. The first-order valence-corrected chi connectivity index (χ1v) is 8.83. The van der Waals surface area contributed by atoms with Crippen LogP contribution in [0.2, 0.25) is 0 Å². The summed E-state index contributed by atoms with van der Waals surface area (Å²) >= 11 is 0. The molecule has 1 aromatic rings. The summed E-state index contributed by atoms with van der Waals surface area (Å²) in [7, 11) is 0. The smallest absolute Gasteiger partial charge is 0.338 e. The minimum Gasteiger partial charge on any atom is -0.338 e. The van der Waals surface area contributed by atoms with Crippen molar-refractivity contribution in [1.29, 1.82) is 0 Å². The Morgan fingerprint density at radius 1 is 1.08 bits per heavy atom. The third kappa shape index (κ3) is 3.64. The van der Waals surface area contributed by atoms with Gasteiger partial charge in [-0.05, 0) is 44.0 Å². The maximum absolute atomic E-state index is 12.6. The van der Waals surface area contributed by atoms with E-state index in [2.05, 4.69) is 0 Å². The molecule has 0 aromatic heterocycles. The monoisotopic (exact) mass is 369 g/mol. The summed E-state index contributed by atoms with van der Waals surface area (Å²) in [4.78, 5) is 30.1.